The van der Waals surface area contributed by atoms with Crippen molar-refractivity contribution in [3.8, 4) is 0 Å². The summed E-state index contributed by atoms with van der Waals surface area (Å²) in [5, 5.41) is 11.5. The molecule has 2 aromatic rings. The van der Waals surface area contributed by atoms with E-state index >= 15 is 0 Å². The minimum atomic E-state index is -0.524. The Morgan fingerprint density at radius 3 is 2.82 bits per heavy atom. The number of hydrogen-bond acceptors (Lipinski definition) is 4. The number of halogens is 1. The molecule has 0 radical (unpaired) electrons. The Hall–Kier alpha value is -2.17. The summed E-state index contributed by atoms with van der Waals surface area (Å²) in [5.41, 5.74) is 8.95. The van der Waals surface area contributed by atoms with Crippen LogP contribution in [0.3, 0.4) is 0 Å². The largest absolute Gasteiger partial charge is 0.364 e. The molecule has 0 fully saturated rings. The summed E-state index contributed by atoms with van der Waals surface area (Å²) < 4.78 is 2.04. The van der Waals surface area contributed by atoms with Gasteiger partial charge in [-0.05, 0) is 43.9 Å². The molecule has 4 N–H and O–H groups in total. The van der Waals surface area contributed by atoms with Gasteiger partial charge in [0.2, 0.25) is 0 Å². The monoisotopic (exact) mass is 497 g/mol. The SMILES string of the molecule is CN=C(NCc1ccc(C(N)=O)nc1)NC1CCc2cn(C(C)C)nc2C1.I. The third-order valence-corrected chi connectivity index (χ3v) is 4.73. The number of fused-ring (bicyclic) bond motifs is 1. The Balaban J connectivity index is 0.00000280. The van der Waals surface area contributed by atoms with Crippen LogP contribution in [-0.2, 0) is 19.4 Å². The predicted octanol–water partition coefficient (Wildman–Crippen LogP) is 1.80. The molecule has 2 aromatic heterocycles. The van der Waals surface area contributed by atoms with Gasteiger partial charge in [-0.2, -0.15) is 5.10 Å². The zero-order chi connectivity index (χ0) is 19.4. The highest BCUT2D eigenvalue weighted by Crippen LogP contribution is 2.21. The highest BCUT2D eigenvalue weighted by atomic mass is 127. The van der Waals surface area contributed by atoms with Crippen molar-refractivity contribution in [2.45, 2.75) is 51.7 Å². The topological polar surface area (TPSA) is 110 Å². The van der Waals surface area contributed by atoms with E-state index in [1.807, 2.05) is 10.7 Å². The zero-order valence-electron chi connectivity index (χ0n) is 16.5. The number of nitrogens with one attached hydrogen (secondary N) is 2. The second-order valence-electron chi connectivity index (χ2n) is 7.10. The summed E-state index contributed by atoms with van der Waals surface area (Å²) in [6.45, 7) is 4.85. The molecule has 152 valence electrons. The molecule has 28 heavy (non-hydrogen) atoms. The molecule has 1 amide bonds. The molecule has 0 bridgehead atoms. The van der Waals surface area contributed by atoms with Gasteiger partial charge in [-0.15, -0.1) is 24.0 Å². The van der Waals surface area contributed by atoms with Crippen LogP contribution in [0.4, 0.5) is 0 Å². The van der Waals surface area contributed by atoms with E-state index in [9.17, 15) is 4.79 Å². The number of nitrogens with zero attached hydrogens (tertiary/aromatic N) is 4. The van der Waals surface area contributed by atoms with Gasteiger partial charge in [0.25, 0.3) is 5.91 Å². The molecular formula is C19H28IN7O. The Morgan fingerprint density at radius 1 is 1.43 bits per heavy atom. The van der Waals surface area contributed by atoms with E-state index < -0.39 is 5.91 Å². The van der Waals surface area contributed by atoms with Crippen LogP contribution in [0.2, 0.25) is 0 Å². The van der Waals surface area contributed by atoms with E-state index in [-0.39, 0.29) is 29.7 Å². The number of pyridine rings is 1. The molecular weight excluding hydrogens is 469 g/mol. The number of amides is 1. The van der Waals surface area contributed by atoms with Crippen molar-refractivity contribution in [2.75, 3.05) is 7.05 Å². The van der Waals surface area contributed by atoms with Crippen molar-refractivity contribution in [3.63, 3.8) is 0 Å². The third kappa shape index (κ3) is 5.43. The van der Waals surface area contributed by atoms with Gasteiger partial charge in [-0.25, -0.2) is 0 Å². The molecule has 0 aliphatic heterocycles. The smallest absolute Gasteiger partial charge is 0.267 e. The van der Waals surface area contributed by atoms with E-state index in [2.05, 4.69) is 40.7 Å². The van der Waals surface area contributed by atoms with Crippen LogP contribution >= 0.6 is 24.0 Å². The average molecular weight is 497 g/mol. The molecule has 1 unspecified atom stereocenters. The lowest BCUT2D eigenvalue weighted by atomic mass is 9.94. The third-order valence-electron chi connectivity index (χ3n) is 4.73. The number of aromatic nitrogens is 3. The van der Waals surface area contributed by atoms with Gasteiger partial charge in [-0.1, -0.05) is 6.07 Å². The van der Waals surface area contributed by atoms with Crippen LogP contribution in [0.5, 0.6) is 0 Å². The first-order valence-electron chi connectivity index (χ1n) is 9.25. The molecule has 1 atom stereocenters. The Bertz CT molecular complexity index is 829. The molecule has 9 heteroatoms. The van der Waals surface area contributed by atoms with Gasteiger partial charge in [0.1, 0.15) is 5.69 Å². The van der Waals surface area contributed by atoms with E-state index in [0.717, 1.165) is 30.8 Å². The van der Waals surface area contributed by atoms with Gasteiger partial charge in [0.05, 0.1) is 5.69 Å². The lowest BCUT2D eigenvalue weighted by molar-refractivity contribution is 0.0995. The maximum atomic E-state index is 11.1. The van der Waals surface area contributed by atoms with Crippen LogP contribution in [-0.4, -0.2) is 39.7 Å². The number of aryl methyl sites for hydroxylation is 1. The zero-order valence-corrected chi connectivity index (χ0v) is 18.8. The maximum Gasteiger partial charge on any atom is 0.267 e. The molecule has 0 saturated carbocycles. The molecule has 8 nitrogen and oxygen atoms in total. The fraction of sp³-hybridized carbons (Fsp3) is 0.474. The fourth-order valence-corrected chi connectivity index (χ4v) is 3.15. The Kier molecular flexibility index (Phi) is 7.78. The second kappa shape index (κ2) is 9.85. The van der Waals surface area contributed by atoms with Gasteiger partial charge in [0, 0.05) is 44.5 Å². The molecule has 0 aromatic carbocycles. The van der Waals surface area contributed by atoms with Crippen LogP contribution < -0.4 is 16.4 Å². The van der Waals surface area contributed by atoms with Crippen molar-refractivity contribution in [1.82, 2.24) is 25.4 Å². The highest BCUT2D eigenvalue weighted by Gasteiger charge is 2.23. The number of rotatable bonds is 5. The number of carbonyl (C=O) groups is 1. The van der Waals surface area contributed by atoms with Crippen molar-refractivity contribution in [1.29, 1.82) is 0 Å². The molecule has 2 heterocycles. The Morgan fingerprint density at radius 2 is 2.21 bits per heavy atom. The van der Waals surface area contributed by atoms with Crippen LogP contribution in [0.15, 0.2) is 29.5 Å². The Labute approximate surface area is 182 Å². The normalized spacial score (nSPS) is 16.3. The number of aliphatic imine (C=N–C) groups is 1. The molecule has 1 aliphatic carbocycles. The molecule has 3 rings (SSSR count). The van der Waals surface area contributed by atoms with Crippen LogP contribution in [0.25, 0.3) is 0 Å². The van der Waals surface area contributed by atoms with Crippen LogP contribution in [0, 0.1) is 0 Å². The lowest BCUT2D eigenvalue weighted by Crippen LogP contribution is -2.45. The first-order valence-corrected chi connectivity index (χ1v) is 9.25. The quantitative estimate of drug-likeness (QED) is 0.332. The summed E-state index contributed by atoms with van der Waals surface area (Å²) >= 11 is 0. The van der Waals surface area contributed by atoms with E-state index in [4.69, 9.17) is 10.8 Å². The van der Waals surface area contributed by atoms with Crippen molar-refractivity contribution >= 4 is 35.8 Å². The number of guanidine groups is 1. The second-order valence-corrected chi connectivity index (χ2v) is 7.10. The van der Waals surface area contributed by atoms with Crippen LogP contribution in [0.1, 0.15) is 53.6 Å². The fourth-order valence-electron chi connectivity index (χ4n) is 3.15. The van der Waals surface area contributed by atoms with Crippen molar-refractivity contribution < 1.29 is 4.79 Å². The maximum absolute atomic E-state index is 11.1. The van der Waals surface area contributed by atoms with Gasteiger partial charge >= 0.3 is 0 Å². The van der Waals surface area contributed by atoms with E-state index in [1.54, 1.807) is 19.3 Å². The number of primary amides is 1. The first-order chi connectivity index (χ1) is 13.0. The summed E-state index contributed by atoms with van der Waals surface area (Å²) in [5.74, 6) is 0.217. The number of nitrogens with two attached hydrogens (primary N) is 1. The van der Waals surface area contributed by atoms with Gasteiger partial charge in [0.15, 0.2) is 5.96 Å². The van der Waals surface area contributed by atoms with Gasteiger partial charge < -0.3 is 16.4 Å². The van der Waals surface area contributed by atoms with Crippen molar-refractivity contribution in [2.24, 2.45) is 10.7 Å². The molecule has 0 spiro atoms. The summed E-state index contributed by atoms with van der Waals surface area (Å²) in [7, 11) is 1.76. The summed E-state index contributed by atoms with van der Waals surface area (Å²) in [4.78, 5) is 19.4. The predicted molar refractivity (Wildman–Crippen MR) is 120 cm³/mol. The van der Waals surface area contributed by atoms with E-state index in [0.29, 0.717) is 18.6 Å². The first kappa shape index (κ1) is 22.1. The highest BCUT2D eigenvalue weighted by molar-refractivity contribution is 14.0. The molecule has 1 aliphatic rings. The minimum absolute atomic E-state index is 0. The van der Waals surface area contributed by atoms with E-state index in [1.165, 1.54) is 11.3 Å². The minimum Gasteiger partial charge on any atom is -0.364 e. The number of hydrogen-bond donors (Lipinski definition) is 3. The number of carbonyl (C=O) groups excluding carboxylic acids is 1. The molecule has 0 saturated heterocycles. The lowest BCUT2D eigenvalue weighted by Gasteiger charge is -2.24. The van der Waals surface area contributed by atoms with Gasteiger partial charge in [-0.3, -0.25) is 19.5 Å². The standard InChI is InChI=1S/C19H27N7O.HI/c1-12(2)26-11-14-5-6-15(8-17(14)25-26)24-19(21-3)23-10-13-4-7-16(18(20)27)22-9-13;/h4,7,9,11-12,15H,5-6,8,10H2,1-3H3,(H2,20,27)(H2,21,23,24);1H. The summed E-state index contributed by atoms with van der Waals surface area (Å²) in [6, 6.07) is 4.14. The average Bonchev–Trinajstić information content (AvgIpc) is 3.09. The summed E-state index contributed by atoms with van der Waals surface area (Å²) in [6.07, 6.45) is 6.78. The van der Waals surface area contributed by atoms with Crippen molar-refractivity contribution in [3.05, 3.63) is 47.0 Å².